The lowest BCUT2D eigenvalue weighted by Gasteiger charge is -2.16. The van der Waals surface area contributed by atoms with Gasteiger partial charge in [0.25, 0.3) is 0 Å². The van der Waals surface area contributed by atoms with E-state index in [9.17, 15) is 4.39 Å². The Balaban J connectivity index is 3.32. The predicted molar refractivity (Wildman–Crippen MR) is 50.2 cm³/mol. The smallest absolute Gasteiger partial charge is 0.0895 e. The summed E-state index contributed by atoms with van der Waals surface area (Å²) >= 11 is 0. The van der Waals surface area contributed by atoms with Gasteiger partial charge >= 0.3 is 0 Å². The van der Waals surface area contributed by atoms with E-state index in [2.05, 4.69) is 6.92 Å². The fourth-order valence-electron chi connectivity index (χ4n) is 0.965. The van der Waals surface area contributed by atoms with Crippen molar-refractivity contribution in [2.24, 2.45) is 0 Å². The first kappa shape index (κ1) is 11.3. The first-order valence-corrected chi connectivity index (χ1v) is 4.45. The van der Waals surface area contributed by atoms with Gasteiger partial charge in [-0.1, -0.05) is 0 Å². The van der Waals surface area contributed by atoms with Crippen molar-refractivity contribution in [2.45, 2.75) is 25.7 Å². The minimum Gasteiger partial charge on any atom is -0.363 e. The van der Waals surface area contributed by atoms with Gasteiger partial charge in [0.05, 0.1) is 26.4 Å². The molecule has 2 nitrogen and oxygen atoms in total. The second-order valence-corrected chi connectivity index (χ2v) is 2.77. The molecule has 1 N–H and O–H groups in total. The van der Waals surface area contributed by atoms with Crippen molar-refractivity contribution in [3.05, 3.63) is 6.92 Å². The van der Waals surface area contributed by atoms with E-state index in [1.54, 1.807) is 0 Å². The van der Waals surface area contributed by atoms with Crippen molar-refractivity contribution < 1.29 is 4.39 Å². The topological polar surface area (TPSA) is 27.1 Å². The number of hydrogen-bond acceptors (Lipinski definition) is 1. The third-order valence-corrected chi connectivity index (χ3v) is 1.71. The summed E-state index contributed by atoms with van der Waals surface area (Å²) in [6, 6.07) is 0. The predicted octanol–water partition coefficient (Wildman–Crippen LogP) is 2.26. The zero-order valence-corrected chi connectivity index (χ0v) is 7.56. The first-order valence-electron chi connectivity index (χ1n) is 4.45. The summed E-state index contributed by atoms with van der Waals surface area (Å²) in [5, 5.41) is 7.06. The van der Waals surface area contributed by atoms with Gasteiger partial charge in [-0.2, -0.15) is 0 Å². The van der Waals surface area contributed by atoms with E-state index < -0.39 is 0 Å². The fourth-order valence-corrected chi connectivity index (χ4v) is 0.965. The van der Waals surface area contributed by atoms with Crippen LogP contribution in [0.2, 0.25) is 0 Å². The monoisotopic (exact) mass is 173 g/mol. The number of alkyl halides is 1. The van der Waals surface area contributed by atoms with Gasteiger partial charge in [0.2, 0.25) is 0 Å². The van der Waals surface area contributed by atoms with Gasteiger partial charge in [0.15, 0.2) is 0 Å². The van der Waals surface area contributed by atoms with Crippen molar-refractivity contribution in [3.8, 4) is 0 Å². The van der Waals surface area contributed by atoms with Crippen molar-refractivity contribution in [2.75, 3.05) is 19.8 Å². The molecule has 0 aromatic rings. The van der Waals surface area contributed by atoms with Crippen molar-refractivity contribution >= 4 is 6.34 Å². The second-order valence-electron chi connectivity index (χ2n) is 2.77. The molecule has 0 fully saturated rings. The average Bonchev–Trinajstić information content (AvgIpc) is 2.11. The molecule has 0 atom stereocenters. The average molecular weight is 173 g/mol. The standard InChI is InChI=1S/C9H18FN2/c1-2-3-7-12(9-11)8-5-4-6-10/h9,11H,1-8H2/q+1. The maximum absolute atomic E-state index is 11.7. The molecule has 0 rings (SSSR count). The van der Waals surface area contributed by atoms with Crippen LogP contribution >= 0.6 is 0 Å². The molecule has 0 aromatic heterocycles. The van der Waals surface area contributed by atoms with Gasteiger partial charge in [0.1, 0.15) is 0 Å². The van der Waals surface area contributed by atoms with Gasteiger partial charge in [-0.25, -0.2) is 0 Å². The molecular weight excluding hydrogens is 155 g/mol. The van der Waals surface area contributed by atoms with Crippen molar-refractivity contribution in [3.63, 3.8) is 0 Å². The van der Waals surface area contributed by atoms with Gasteiger partial charge in [0, 0.05) is 19.5 Å². The molecule has 0 amide bonds. The minimum atomic E-state index is -0.249. The van der Waals surface area contributed by atoms with Crippen LogP contribution in [0.4, 0.5) is 4.39 Å². The Bertz CT molecular complexity index is 107. The van der Waals surface area contributed by atoms with Gasteiger partial charge in [-0.15, -0.1) is 0 Å². The summed E-state index contributed by atoms with van der Waals surface area (Å²) in [6.07, 6.45) is 4.67. The van der Waals surface area contributed by atoms with Crippen LogP contribution in [0.25, 0.3) is 0 Å². The molecule has 3 heteroatoms. The fraction of sp³-hybridized carbons (Fsp3) is 0.778. The SMILES string of the molecule is [CH2+]CCCN(C=N)CCCCF. The Kier molecular flexibility index (Phi) is 7.86. The minimum absolute atomic E-state index is 0.249. The van der Waals surface area contributed by atoms with Crippen LogP contribution in [-0.4, -0.2) is 31.0 Å². The van der Waals surface area contributed by atoms with Gasteiger partial charge in [-0.3, -0.25) is 9.80 Å². The Labute approximate surface area is 74.3 Å². The molecule has 12 heavy (non-hydrogen) atoms. The number of nitrogens with zero attached hydrogens (tertiary/aromatic N) is 1. The van der Waals surface area contributed by atoms with Crippen LogP contribution in [0, 0.1) is 12.3 Å². The molecule has 70 valence electrons. The lowest BCUT2D eigenvalue weighted by molar-refractivity contribution is 0.383. The van der Waals surface area contributed by atoms with E-state index in [4.69, 9.17) is 5.41 Å². The molecule has 0 heterocycles. The number of hydrogen-bond donors (Lipinski definition) is 1. The van der Waals surface area contributed by atoms with Crippen LogP contribution in [0.15, 0.2) is 0 Å². The highest BCUT2D eigenvalue weighted by atomic mass is 19.1. The number of unbranched alkanes of at least 4 members (excludes halogenated alkanes) is 2. The molecule has 0 saturated heterocycles. The van der Waals surface area contributed by atoms with Crippen molar-refractivity contribution in [1.29, 1.82) is 5.41 Å². The second kappa shape index (κ2) is 8.37. The molecule has 0 unspecified atom stereocenters. The summed E-state index contributed by atoms with van der Waals surface area (Å²) in [4.78, 5) is 1.90. The molecule has 0 aliphatic carbocycles. The maximum Gasteiger partial charge on any atom is 0.0895 e. The molecule has 0 bridgehead atoms. The highest BCUT2D eigenvalue weighted by Crippen LogP contribution is 1.96. The van der Waals surface area contributed by atoms with Crippen LogP contribution in [0.5, 0.6) is 0 Å². The Morgan fingerprint density at radius 2 is 1.92 bits per heavy atom. The molecule has 0 radical (unpaired) electrons. The van der Waals surface area contributed by atoms with Crippen LogP contribution < -0.4 is 0 Å². The first-order chi connectivity index (χ1) is 5.85. The molecule has 0 aliphatic heterocycles. The normalized spacial score (nSPS) is 9.75. The van der Waals surface area contributed by atoms with E-state index >= 15 is 0 Å². The zero-order chi connectivity index (χ0) is 9.23. The number of halogens is 1. The zero-order valence-electron chi connectivity index (χ0n) is 7.56. The van der Waals surface area contributed by atoms with E-state index in [1.807, 2.05) is 4.90 Å². The molecule has 0 saturated carbocycles. The molecular formula is C9H18FN2+. The number of nitrogens with one attached hydrogen (secondary N) is 1. The molecule has 0 aliphatic rings. The summed E-state index contributed by atoms with van der Waals surface area (Å²) in [7, 11) is 0. The molecule has 0 spiro atoms. The Hall–Kier alpha value is -0.730. The largest absolute Gasteiger partial charge is 0.363 e. The third kappa shape index (κ3) is 6.01. The van der Waals surface area contributed by atoms with Gasteiger partial charge < -0.3 is 4.90 Å². The van der Waals surface area contributed by atoms with Crippen LogP contribution in [-0.2, 0) is 0 Å². The number of rotatable bonds is 8. The summed E-state index contributed by atoms with van der Waals surface area (Å²) in [5.74, 6) is 0. The summed E-state index contributed by atoms with van der Waals surface area (Å²) in [6.45, 7) is 5.15. The van der Waals surface area contributed by atoms with E-state index in [-0.39, 0.29) is 6.67 Å². The lowest BCUT2D eigenvalue weighted by Crippen LogP contribution is -2.23. The lowest BCUT2D eigenvalue weighted by atomic mass is 10.3. The van der Waals surface area contributed by atoms with Crippen LogP contribution in [0.3, 0.4) is 0 Å². The highest BCUT2D eigenvalue weighted by molar-refractivity contribution is 5.50. The van der Waals surface area contributed by atoms with Gasteiger partial charge in [-0.05, 0) is 12.8 Å². The Morgan fingerprint density at radius 3 is 2.42 bits per heavy atom. The third-order valence-electron chi connectivity index (χ3n) is 1.71. The quantitative estimate of drug-likeness (QED) is 0.259. The van der Waals surface area contributed by atoms with E-state index in [0.717, 1.165) is 32.4 Å². The van der Waals surface area contributed by atoms with E-state index in [1.165, 1.54) is 6.34 Å². The van der Waals surface area contributed by atoms with Crippen molar-refractivity contribution in [1.82, 2.24) is 4.90 Å². The summed E-state index contributed by atoms with van der Waals surface area (Å²) in [5.41, 5.74) is 0. The highest BCUT2D eigenvalue weighted by Gasteiger charge is 1.98. The molecule has 0 aromatic carbocycles. The van der Waals surface area contributed by atoms with Crippen LogP contribution in [0.1, 0.15) is 25.7 Å². The summed E-state index contributed by atoms with van der Waals surface area (Å²) < 4.78 is 11.7. The maximum atomic E-state index is 11.7. The Morgan fingerprint density at radius 1 is 1.25 bits per heavy atom. The van der Waals surface area contributed by atoms with E-state index in [0.29, 0.717) is 6.42 Å².